The van der Waals surface area contributed by atoms with Crippen molar-refractivity contribution in [3.63, 3.8) is 0 Å². The van der Waals surface area contributed by atoms with Crippen LogP contribution in [0, 0.1) is 0 Å². The van der Waals surface area contributed by atoms with Gasteiger partial charge in [-0.3, -0.25) is 4.79 Å². The van der Waals surface area contributed by atoms with Crippen molar-refractivity contribution in [2.75, 3.05) is 33.0 Å². The molecular formula is C23H26N2O7. The van der Waals surface area contributed by atoms with Crippen molar-refractivity contribution in [1.82, 2.24) is 10.6 Å². The number of carbonyl (C=O) groups excluding carboxylic acids is 2. The maximum atomic E-state index is 12.1. The molecular weight excluding hydrogens is 416 g/mol. The Morgan fingerprint density at radius 1 is 0.969 bits per heavy atom. The Labute approximate surface area is 185 Å². The van der Waals surface area contributed by atoms with E-state index in [1.807, 2.05) is 36.4 Å². The predicted molar refractivity (Wildman–Crippen MR) is 115 cm³/mol. The monoisotopic (exact) mass is 442 g/mol. The molecule has 9 heteroatoms. The van der Waals surface area contributed by atoms with Crippen molar-refractivity contribution in [1.29, 1.82) is 0 Å². The molecule has 0 fully saturated rings. The van der Waals surface area contributed by atoms with Gasteiger partial charge < -0.3 is 30.3 Å². The largest absolute Gasteiger partial charge is 0.480 e. The highest BCUT2D eigenvalue weighted by atomic mass is 16.5. The number of amides is 2. The molecule has 0 bridgehead atoms. The smallest absolute Gasteiger partial charge is 0.407 e. The summed E-state index contributed by atoms with van der Waals surface area (Å²) in [4.78, 5) is 34.4. The van der Waals surface area contributed by atoms with E-state index >= 15 is 0 Å². The van der Waals surface area contributed by atoms with Gasteiger partial charge in [0.2, 0.25) is 5.91 Å². The average molecular weight is 442 g/mol. The summed E-state index contributed by atoms with van der Waals surface area (Å²) in [6.45, 7) is -0.0506. The van der Waals surface area contributed by atoms with Crippen LogP contribution in [0.25, 0.3) is 11.1 Å². The van der Waals surface area contributed by atoms with Crippen LogP contribution < -0.4 is 10.6 Å². The lowest BCUT2D eigenvalue weighted by molar-refractivity contribution is -0.143. The van der Waals surface area contributed by atoms with E-state index in [0.717, 1.165) is 22.3 Å². The second-order valence-corrected chi connectivity index (χ2v) is 7.26. The third-order valence-electron chi connectivity index (χ3n) is 5.15. The number of hydrogen-bond acceptors (Lipinski definition) is 6. The zero-order chi connectivity index (χ0) is 22.9. The summed E-state index contributed by atoms with van der Waals surface area (Å²) in [6.07, 6.45) is -0.616. The third-order valence-corrected chi connectivity index (χ3v) is 5.15. The Morgan fingerprint density at radius 3 is 2.19 bits per heavy atom. The SMILES string of the molecule is O=C(CCOCCNC(=O)OCC1c2ccccc2-c2ccccc21)NC(CO)C(=O)O. The summed E-state index contributed by atoms with van der Waals surface area (Å²) in [5.41, 5.74) is 4.58. The summed E-state index contributed by atoms with van der Waals surface area (Å²) in [6, 6.07) is 14.8. The lowest BCUT2D eigenvalue weighted by atomic mass is 9.98. The quantitative estimate of drug-likeness (QED) is 0.387. The molecule has 4 N–H and O–H groups in total. The molecule has 2 amide bonds. The fraction of sp³-hybridized carbons (Fsp3) is 0.348. The van der Waals surface area contributed by atoms with Crippen molar-refractivity contribution in [2.24, 2.45) is 0 Å². The Bertz CT molecular complexity index is 917. The fourth-order valence-electron chi connectivity index (χ4n) is 3.59. The van der Waals surface area contributed by atoms with Crippen LogP contribution in [0.15, 0.2) is 48.5 Å². The molecule has 9 nitrogen and oxygen atoms in total. The van der Waals surface area contributed by atoms with Crippen LogP contribution in [0.1, 0.15) is 23.5 Å². The molecule has 2 aromatic rings. The van der Waals surface area contributed by atoms with Gasteiger partial charge in [-0.15, -0.1) is 0 Å². The van der Waals surface area contributed by atoms with Crippen LogP contribution >= 0.6 is 0 Å². The van der Waals surface area contributed by atoms with Gasteiger partial charge >= 0.3 is 12.1 Å². The Kier molecular flexibility index (Phi) is 8.18. The maximum Gasteiger partial charge on any atom is 0.407 e. The standard InChI is InChI=1S/C23H26N2O7/c26-13-20(22(28)29)25-21(27)9-11-31-12-10-24-23(30)32-14-19-17-7-3-1-5-15(17)16-6-2-4-8-18(16)19/h1-8,19-20,26H,9-14H2,(H,24,30)(H,25,27)(H,28,29). The van der Waals surface area contributed by atoms with Crippen molar-refractivity contribution in [2.45, 2.75) is 18.4 Å². The number of alkyl carbamates (subject to hydrolysis) is 1. The molecule has 3 rings (SSSR count). The van der Waals surface area contributed by atoms with E-state index in [-0.39, 0.29) is 38.7 Å². The minimum absolute atomic E-state index is 0.0172. The Balaban J connectivity index is 1.34. The van der Waals surface area contributed by atoms with E-state index in [0.29, 0.717) is 0 Å². The van der Waals surface area contributed by atoms with Gasteiger partial charge in [0, 0.05) is 18.9 Å². The Morgan fingerprint density at radius 2 is 1.59 bits per heavy atom. The highest BCUT2D eigenvalue weighted by Gasteiger charge is 2.28. The first-order valence-electron chi connectivity index (χ1n) is 10.3. The van der Waals surface area contributed by atoms with Crippen LogP contribution in [0.3, 0.4) is 0 Å². The number of aliphatic hydroxyl groups is 1. The molecule has 32 heavy (non-hydrogen) atoms. The number of carboxylic acids is 1. The maximum absolute atomic E-state index is 12.1. The normalized spacial score (nSPS) is 13.0. The van der Waals surface area contributed by atoms with Gasteiger partial charge in [0.15, 0.2) is 0 Å². The molecule has 0 aromatic heterocycles. The first kappa shape index (κ1) is 23.2. The van der Waals surface area contributed by atoms with E-state index in [2.05, 4.69) is 22.8 Å². The first-order chi connectivity index (χ1) is 15.5. The number of rotatable bonds is 11. The van der Waals surface area contributed by atoms with E-state index in [1.165, 1.54) is 0 Å². The molecule has 0 aliphatic heterocycles. The third kappa shape index (κ3) is 5.83. The van der Waals surface area contributed by atoms with Gasteiger partial charge in [-0.05, 0) is 22.3 Å². The minimum atomic E-state index is -1.34. The predicted octanol–water partition coefficient (Wildman–Crippen LogP) is 1.49. The molecule has 0 saturated heterocycles. The summed E-state index contributed by atoms with van der Waals surface area (Å²) < 4.78 is 10.7. The molecule has 0 spiro atoms. The van der Waals surface area contributed by atoms with Crippen molar-refractivity contribution < 1.29 is 34.1 Å². The molecule has 1 aliphatic rings. The number of benzene rings is 2. The van der Waals surface area contributed by atoms with Gasteiger partial charge in [0.25, 0.3) is 0 Å². The average Bonchev–Trinajstić information content (AvgIpc) is 3.12. The molecule has 0 radical (unpaired) electrons. The summed E-state index contributed by atoms with van der Waals surface area (Å²) in [5, 5.41) is 22.4. The van der Waals surface area contributed by atoms with Gasteiger partial charge in [-0.1, -0.05) is 48.5 Å². The van der Waals surface area contributed by atoms with E-state index < -0.39 is 30.6 Å². The lowest BCUT2D eigenvalue weighted by Crippen LogP contribution is -2.43. The van der Waals surface area contributed by atoms with Crippen LogP contribution in [0.5, 0.6) is 0 Å². The molecule has 1 aliphatic carbocycles. The number of ether oxygens (including phenoxy) is 2. The second-order valence-electron chi connectivity index (χ2n) is 7.26. The number of carboxylic acid groups (broad SMARTS) is 1. The highest BCUT2D eigenvalue weighted by Crippen LogP contribution is 2.44. The summed E-state index contributed by atoms with van der Waals surface area (Å²) >= 11 is 0. The van der Waals surface area contributed by atoms with Crippen LogP contribution in [-0.4, -0.2) is 67.2 Å². The number of hydrogen-bond donors (Lipinski definition) is 4. The number of nitrogens with one attached hydrogen (secondary N) is 2. The zero-order valence-corrected chi connectivity index (χ0v) is 17.5. The second kappa shape index (κ2) is 11.3. The zero-order valence-electron chi connectivity index (χ0n) is 17.5. The van der Waals surface area contributed by atoms with Gasteiger partial charge in [0.1, 0.15) is 12.6 Å². The van der Waals surface area contributed by atoms with E-state index in [9.17, 15) is 14.4 Å². The van der Waals surface area contributed by atoms with Crippen LogP contribution in [-0.2, 0) is 19.1 Å². The first-order valence-corrected chi connectivity index (χ1v) is 10.3. The molecule has 0 heterocycles. The van der Waals surface area contributed by atoms with E-state index in [4.69, 9.17) is 19.7 Å². The van der Waals surface area contributed by atoms with Gasteiger partial charge in [-0.25, -0.2) is 9.59 Å². The summed E-state index contributed by atoms with van der Waals surface area (Å²) in [5.74, 6) is -1.87. The van der Waals surface area contributed by atoms with Gasteiger partial charge in [0.05, 0.1) is 19.8 Å². The van der Waals surface area contributed by atoms with Gasteiger partial charge in [-0.2, -0.15) is 0 Å². The van der Waals surface area contributed by atoms with Crippen LogP contribution in [0.2, 0.25) is 0 Å². The fourth-order valence-corrected chi connectivity index (χ4v) is 3.59. The number of carbonyl (C=O) groups is 3. The Hall–Kier alpha value is -3.43. The number of aliphatic carboxylic acids is 1. The molecule has 170 valence electrons. The van der Waals surface area contributed by atoms with Crippen molar-refractivity contribution >= 4 is 18.0 Å². The van der Waals surface area contributed by atoms with Crippen LogP contribution in [0.4, 0.5) is 4.79 Å². The van der Waals surface area contributed by atoms with Crippen molar-refractivity contribution in [3.8, 4) is 11.1 Å². The topological polar surface area (TPSA) is 134 Å². The van der Waals surface area contributed by atoms with Crippen molar-refractivity contribution in [3.05, 3.63) is 59.7 Å². The molecule has 0 saturated carbocycles. The number of aliphatic hydroxyl groups excluding tert-OH is 1. The minimum Gasteiger partial charge on any atom is -0.480 e. The molecule has 1 atom stereocenters. The highest BCUT2D eigenvalue weighted by molar-refractivity contribution is 5.83. The molecule has 2 aromatic carbocycles. The van der Waals surface area contributed by atoms with E-state index in [1.54, 1.807) is 0 Å². The molecule has 1 unspecified atom stereocenters. The number of fused-ring (bicyclic) bond motifs is 3. The lowest BCUT2D eigenvalue weighted by Gasteiger charge is -2.14. The summed E-state index contributed by atoms with van der Waals surface area (Å²) in [7, 11) is 0.